The van der Waals surface area contributed by atoms with Crippen LogP contribution < -0.4 is 15.8 Å². The number of amides is 2. The second kappa shape index (κ2) is 9.07. The minimum Gasteiger partial charge on any atom is -0.380 e. The molecule has 1 aliphatic rings. The summed E-state index contributed by atoms with van der Waals surface area (Å²) in [7, 11) is -0.346. The first-order chi connectivity index (χ1) is 14.9. The number of hydrogen-bond donors (Lipinski definition) is 2. The summed E-state index contributed by atoms with van der Waals surface area (Å²) in [6.07, 6.45) is -0.538. The third-order valence-corrected chi connectivity index (χ3v) is 7.38. The fraction of sp³-hybridized carbons (Fsp3) is 0.391. The zero-order valence-electron chi connectivity index (χ0n) is 18.5. The molecule has 0 radical (unpaired) electrons. The summed E-state index contributed by atoms with van der Waals surface area (Å²) in [4.78, 5) is 25.3. The van der Waals surface area contributed by atoms with Crippen LogP contribution in [0.3, 0.4) is 0 Å². The van der Waals surface area contributed by atoms with E-state index in [4.69, 9.17) is 4.74 Å². The smallest absolute Gasteiger partial charge is 0.260 e. The van der Waals surface area contributed by atoms with E-state index in [-0.39, 0.29) is 5.69 Å². The van der Waals surface area contributed by atoms with E-state index in [9.17, 15) is 22.8 Å². The van der Waals surface area contributed by atoms with Crippen LogP contribution in [0.1, 0.15) is 23.6 Å². The lowest BCUT2D eigenvalue weighted by Gasteiger charge is -2.21. The number of methoxy groups -OCH3 is 1. The Balaban J connectivity index is 1.82. The molecule has 9 heteroatoms. The number of anilines is 1. The van der Waals surface area contributed by atoms with Crippen molar-refractivity contribution in [1.29, 1.82) is 0 Å². The Bertz CT molecular complexity index is 1010. The molecular weight excluding hydrogens is 437 g/mol. The summed E-state index contributed by atoms with van der Waals surface area (Å²) < 4.78 is 46.3. The van der Waals surface area contributed by atoms with Crippen LogP contribution in [0, 0.1) is 11.7 Å². The molecule has 32 heavy (non-hydrogen) atoms. The van der Waals surface area contributed by atoms with Crippen molar-refractivity contribution in [3.05, 3.63) is 59.4 Å². The zero-order chi connectivity index (χ0) is 23.7. The standard InChI is InChI=1S/C23H27F3N2O3Si/c1-31-13-14-5-7-15(8-6-14)20(28-21(29)17-12-23(17,25)26)22(30)27-16-9-10-19(18(24)11-16)32(2,3)4/h5-11,17,20H,12-13H2,1-4H3,(H,27,30)(H,28,29)/t17?,20-/m1/s1. The Morgan fingerprint density at radius 2 is 1.78 bits per heavy atom. The highest BCUT2D eigenvalue weighted by atomic mass is 28.3. The van der Waals surface area contributed by atoms with Gasteiger partial charge in [0.25, 0.3) is 11.8 Å². The molecule has 0 spiro atoms. The fourth-order valence-corrected chi connectivity index (χ4v) is 4.80. The third kappa shape index (κ3) is 5.58. The van der Waals surface area contributed by atoms with Gasteiger partial charge in [-0.1, -0.05) is 50.0 Å². The molecular formula is C23H27F3N2O3Si. The van der Waals surface area contributed by atoms with Gasteiger partial charge in [0.1, 0.15) is 17.8 Å². The van der Waals surface area contributed by atoms with Gasteiger partial charge in [-0.2, -0.15) is 0 Å². The van der Waals surface area contributed by atoms with Gasteiger partial charge in [-0.3, -0.25) is 9.59 Å². The lowest BCUT2D eigenvalue weighted by atomic mass is 10.0. The average molecular weight is 465 g/mol. The minimum atomic E-state index is -3.05. The van der Waals surface area contributed by atoms with Crippen molar-refractivity contribution in [3.63, 3.8) is 0 Å². The number of alkyl halides is 2. The number of halogens is 3. The number of carbonyl (C=O) groups is 2. The van der Waals surface area contributed by atoms with Crippen molar-refractivity contribution < 1.29 is 27.5 Å². The van der Waals surface area contributed by atoms with Crippen LogP contribution in [0.15, 0.2) is 42.5 Å². The van der Waals surface area contributed by atoms with E-state index in [0.29, 0.717) is 17.4 Å². The molecule has 1 unspecified atom stereocenters. The van der Waals surface area contributed by atoms with E-state index in [1.165, 1.54) is 6.07 Å². The average Bonchev–Trinajstić information content (AvgIpc) is 3.34. The molecule has 1 aliphatic carbocycles. The van der Waals surface area contributed by atoms with Crippen molar-refractivity contribution in [1.82, 2.24) is 5.32 Å². The van der Waals surface area contributed by atoms with Gasteiger partial charge in [0.2, 0.25) is 5.91 Å². The predicted molar refractivity (Wildman–Crippen MR) is 119 cm³/mol. The van der Waals surface area contributed by atoms with Gasteiger partial charge < -0.3 is 15.4 Å². The van der Waals surface area contributed by atoms with Crippen molar-refractivity contribution >= 4 is 30.8 Å². The van der Waals surface area contributed by atoms with Crippen LogP contribution in [-0.4, -0.2) is 32.9 Å². The molecule has 0 bridgehead atoms. The van der Waals surface area contributed by atoms with Crippen molar-refractivity contribution in [3.8, 4) is 0 Å². The molecule has 2 aromatic rings. The first kappa shape index (κ1) is 24.0. The second-order valence-corrected chi connectivity index (χ2v) is 14.1. The number of hydrogen-bond acceptors (Lipinski definition) is 3. The first-order valence-electron chi connectivity index (χ1n) is 10.3. The fourth-order valence-electron chi connectivity index (χ4n) is 3.43. The van der Waals surface area contributed by atoms with Crippen LogP contribution in [0.2, 0.25) is 19.6 Å². The maximum Gasteiger partial charge on any atom is 0.260 e. The van der Waals surface area contributed by atoms with E-state index < -0.39 is 50.0 Å². The molecule has 5 nitrogen and oxygen atoms in total. The molecule has 3 rings (SSSR count). The molecule has 1 saturated carbocycles. The number of nitrogens with one attached hydrogen (secondary N) is 2. The maximum absolute atomic E-state index is 14.6. The highest BCUT2D eigenvalue weighted by Crippen LogP contribution is 2.48. The largest absolute Gasteiger partial charge is 0.380 e. The maximum atomic E-state index is 14.6. The van der Waals surface area contributed by atoms with E-state index in [1.54, 1.807) is 43.5 Å². The van der Waals surface area contributed by atoms with Crippen LogP contribution in [0.25, 0.3) is 0 Å². The lowest BCUT2D eigenvalue weighted by molar-refractivity contribution is -0.129. The van der Waals surface area contributed by atoms with Gasteiger partial charge in [0.05, 0.1) is 14.7 Å². The SMILES string of the molecule is COCc1ccc([C@@H](NC(=O)C2CC2(F)F)C(=O)Nc2ccc([Si](C)(C)C)c(F)c2)cc1. The molecule has 0 aromatic heterocycles. The first-order valence-corrected chi connectivity index (χ1v) is 13.8. The molecule has 2 atom stereocenters. The number of rotatable bonds is 8. The van der Waals surface area contributed by atoms with Crippen LogP contribution in [0.4, 0.5) is 18.9 Å². The monoisotopic (exact) mass is 464 g/mol. The molecule has 2 amide bonds. The molecule has 1 fully saturated rings. The Kier molecular flexibility index (Phi) is 6.80. The van der Waals surface area contributed by atoms with E-state index in [2.05, 4.69) is 10.6 Å². The topological polar surface area (TPSA) is 67.4 Å². The molecule has 2 N–H and O–H groups in total. The summed E-state index contributed by atoms with van der Waals surface area (Å²) in [6.45, 7) is 6.39. The number of carbonyl (C=O) groups excluding carboxylic acids is 2. The van der Waals surface area contributed by atoms with Gasteiger partial charge in [-0.25, -0.2) is 13.2 Å². The van der Waals surface area contributed by atoms with E-state index in [1.807, 2.05) is 19.6 Å². The molecule has 2 aromatic carbocycles. The van der Waals surface area contributed by atoms with Crippen molar-refractivity contribution in [2.24, 2.45) is 5.92 Å². The normalized spacial score (nSPS) is 18.0. The van der Waals surface area contributed by atoms with Gasteiger partial charge >= 0.3 is 0 Å². The Morgan fingerprint density at radius 3 is 2.28 bits per heavy atom. The minimum absolute atomic E-state index is 0.224. The van der Waals surface area contributed by atoms with E-state index in [0.717, 1.165) is 5.56 Å². The molecule has 0 saturated heterocycles. The number of ether oxygens (including phenoxy) is 1. The van der Waals surface area contributed by atoms with Gasteiger partial charge in [-0.15, -0.1) is 0 Å². The van der Waals surface area contributed by atoms with Gasteiger partial charge in [-0.05, 0) is 28.4 Å². The highest BCUT2D eigenvalue weighted by molar-refractivity contribution is 6.88. The second-order valence-electron chi connectivity index (χ2n) is 9.07. The summed E-state index contributed by atoms with van der Waals surface area (Å²) >= 11 is 0. The molecule has 0 heterocycles. The Morgan fingerprint density at radius 1 is 1.16 bits per heavy atom. The zero-order valence-corrected chi connectivity index (χ0v) is 19.5. The third-order valence-electron chi connectivity index (χ3n) is 5.36. The van der Waals surface area contributed by atoms with Crippen LogP contribution >= 0.6 is 0 Å². The molecule has 0 aliphatic heterocycles. The van der Waals surface area contributed by atoms with Gasteiger partial charge in [0.15, 0.2) is 0 Å². The van der Waals surface area contributed by atoms with Crippen LogP contribution in [-0.2, 0) is 20.9 Å². The Labute approximate surface area is 186 Å². The quantitative estimate of drug-likeness (QED) is 0.581. The predicted octanol–water partition coefficient (Wildman–Crippen LogP) is 3.97. The number of benzene rings is 2. The summed E-state index contributed by atoms with van der Waals surface area (Å²) in [5.74, 6) is -6.45. The summed E-state index contributed by atoms with van der Waals surface area (Å²) in [5.41, 5.74) is 1.49. The lowest BCUT2D eigenvalue weighted by Crippen LogP contribution is -2.40. The molecule has 172 valence electrons. The highest BCUT2D eigenvalue weighted by Gasteiger charge is 2.61. The van der Waals surface area contributed by atoms with E-state index >= 15 is 0 Å². The van der Waals surface area contributed by atoms with Crippen molar-refractivity contribution in [2.75, 3.05) is 12.4 Å². The summed E-state index contributed by atoms with van der Waals surface area (Å²) in [6, 6.07) is 9.96. The van der Waals surface area contributed by atoms with Crippen LogP contribution in [0.5, 0.6) is 0 Å². The van der Waals surface area contributed by atoms with Crippen molar-refractivity contribution in [2.45, 2.75) is 44.6 Å². The van der Waals surface area contributed by atoms with Gasteiger partial charge in [0, 0.05) is 19.2 Å². The summed E-state index contributed by atoms with van der Waals surface area (Å²) in [5, 5.41) is 5.65. The Hall–Kier alpha value is -2.65.